The second-order valence-corrected chi connectivity index (χ2v) is 11.0. The summed E-state index contributed by atoms with van der Waals surface area (Å²) in [5.41, 5.74) is 3.38. The lowest BCUT2D eigenvalue weighted by Crippen LogP contribution is -2.39. The topological polar surface area (TPSA) is 58.2 Å². The SMILES string of the molecule is O=C(NCc1ccc(-c2ccccc2)cc1)C1CCCC1C(=O)NCc1ccc(-c2cccs2)s1. The van der Waals surface area contributed by atoms with Gasteiger partial charge in [-0.1, -0.05) is 67.1 Å². The predicted octanol–water partition coefficient (Wildman–Crippen LogP) is 6.49. The minimum atomic E-state index is -0.261. The van der Waals surface area contributed by atoms with E-state index in [4.69, 9.17) is 0 Å². The van der Waals surface area contributed by atoms with E-state index in [-0.39, 0.29) is 23.7 Å². The molecule has 2 amide bonds. The van der Waals surface area contributed by atoms with E-state index in [9.17, 15) is 9.59 Å². The molecule has 6 heteroatoms. The van der Waals surface area contributed by atoms with Crippen molar-refractivity contribution in [2.24, 2.45) is 11.8 Å². The fourth-order valence-corrected chi connectivity index (χ4v) is 6.47. The molecule has 0 saturated heterocycles. The highest BCUT2D eigenvalue weighted by Gasteiger charge is 2.37. The molecule has 0 radical (unpaired) electrons. The molecule has 1 saturated carbocycles. The lowest BCUT2D eigenvalue weighted by molar-refractivity contribution is -0.133. The number of thiophene rings is 2. The molecule has 4 nitrogen and oxygen atoms in total. The third-order valence-electron chi connectivity index (χ3n) is 6.58. The molecule has 2 heterocycles. The summed E-state index contributed by atoms with van der Waals surface area (Å²) in [5.74, 6) is -0.553. The smallest absolute Gasteiger partial charge is 0.224 e. The van der Waals surface area contributed by atoms with Crippen LogP contribution in [0.3, 0.4) is 0 Å². The maximum absolute atomic E-state index is 12.9. The quantitative estimate of drug-likeness (QED) is 0.290. The predicted molar refractivity (Wildman–Crippen MR) is 144 cm³/mol. The van der Waals surface area contributed by atoms with Crippen molar-refractivity contribution in [1.82, 2.24) is 10.6 Å². The first kappa shape index (κ1) is 23.5. The number of carbonyl (C=O) groups is 2. The standard InChI is InChI=1S/C29H28N2O2S2/c32-28(30-18-20-11-13-22(14-12-20)21-6-2-1-3-7-21)24-8-4-9-25(24)29(33)31-19-23-15-16-27(35-23)26-10-5-17-34-26/h1-3,5-7,10-17,24-25H,4,8-9,18-19H2,(H,30,32)(H,31,33). The van der Waals surface area contributed by atoms with Gasteiger partial charge in [-0.2, -0.15) is 0 Å². The van der Waals surface area contributed by atoms with Crippen molar-refractivity contribution in [2.45, 2.75) is 32.4 Å². The fraction of sp³-hybridized carbons (Fsp3) is 0.241. The molecule has 0 spiro atoms. The molecule has 2 aromatic carbocycles. The number of carbonyl (C=O) groups excluding carboxylic acids is 2. The van der Waals surface area contributed by atoms with E-state index in [2.05, 4.69) is 58.5 Å². The Morgan fingerprint density at radius 3 is 2.09 bits per heavy atom. The van der Waals surface area contributed by atoms with Crippen molar-refractivity contribution in [1.29, 1.82) is 0 Å². The molecule has 5 rings (SSSR count). The summed E-state index contributed by atoms with van der Waals surface area (Å²) in [6, 6.07) is 26.8. The van der Waals surface area contributed by atoms with E-state index in [0.29, 0.717) is 13.1 Å². The van der Waals surface area contributed by atoms with Gasteiger partial charge in [-0.25, -0.2) is 0 Å². The number of benzene rings is 2. The van der Waals surface area contributed by atoms with Crippen LogP contribution in [0.4, 0.5) is 0 Å². The maximum atomic E-state index is 12.9. The van der Waals surface area contributed by atoms with E-state index >= 15 is 0 Å². The lowest BCUT2D eigenvalue weighted by atomic mass is 9.94. The summed E-state index contributed by atoms with van der Waals surface area (Å²) in [7, 11) is 0. The number of amides is 2. The largest absolute Gasteiger partial charge is 0.352 e. The Morgan fingerprint density at radius 1 is 0.714 bits per heavy atom. The minimum Gasteiger partial charge on any atom is -0.352 e. The third-order valence-corrected chi connectivity index (χ3v) is 8.73. The molecule has 2 aromatic heterocycles. The Morgan fingerprint density at radius 2 is 1.40 bits per heavy atom. The second-order valence-electron chi connectivity index (χ2n) is 8.89. The highest BCUT2D eigenvalue weighted by Crippen LogP contribution is 2.33. The molecule has 2 atom stereocenters. The molecule has 1 aliphatic rings. The highest BCUT2D eigenvalue weighted by molar-refractivity contribution is 7.21. The van der Waals surface area contributed by atoms with Crippen molar-refractivity contribution in [3.63, 3.8) is 0 Å². The normalized spacial score (nSPS) is 17.3. The van der Waals surface area contributed by atoms with Crippen LogP contribution in [-0.2, 0) is 22.7 Å². The Balaban J connectivity index is 1.12. The third kappa shape index (κ3) is 5.72. The Labute approximate surface area is 214 Å². The second kappa shape index (κ2) is 11.0. The number of nitrogens with one attached hydrogen (secondary N) is 2. The van der Waals surface area contributed by atoms with E-state index in [1.165, 1.54) is 15.3 Å². The first-order valence-corrected chi connectivity index (χ1v) is 13.7. The van der Waals surface area contributed by atoms with Crippen LogP contribution < -0.4 is 10.6 Å². The summed E-state index contributed by atoms with van der Waals surface area (Å²) >= 11 is 3.42. The number of hydrogen-bond donors (Lipinski definition) is 2. The van der Waals surface area contributed by atoms with Gasteiger partial charge in [0.1, 0.15) is 0 Å². The van der Waals surface area contributed by atoms with Crippen molar-refractivity contribution in [3.8, 4) is 20.9 Å². The Bertz CT molecular complexity index is 1260. The van der Waals surface area contributed by atoms with Gasteiger partial charge in [-0.15, -0.1) is 22.7 Å². The molecule has 4 aromatic rings. The van der Waals surface area contributed by atoms with Crippen molar-refractivity contribution >= 4 is 34.5 Å². The van der Waals surface area contributed by atoms with Crippen LogP contribution >= 0.6 is 22.7 Å². The summed E-state index contributed by atoms with van der Waals surface area (Å²) in [6.07, 6.45) is 2.43. The molecule has 1 aliphatic carbocycles. The van der Waals surface area contributed by atoms with Gasteiger partial charge in [-0.05, 0) is 53.1 Å². The molecule has 0 bridgehead atoms. The van der Waals surface area contributed by atoms with Crippen molar-refractivity contribution in [3.05, 3.63) is 94.7 Å². The van der Waals surface area contributed by atoms with E-state index in [1.807, 2.05) is 36.4 Å². The molecule has 1 fully saturated rings. The van der Waals surface area contributed by atoms with Crippen molar-refractivity contribution < 1.29 is 9.59 Å². The van der Waals surface area contributed by atoms with Crippen LogP contribution in [-0.4, -0.2) is 11.8 Å². The maximum Gasteiger partial charge on any atom is 0.224 e. The van der Waals surface area contributed by atoms with E-state index < -0.39 is 0 Å². The molecular weight excluding hydrogens is 472 g/mol. The number of hydrogen-bond acceptors (Lipinski definition) is 4. The Kier molecular flexibility index (Phi) is 7.40. The average molecular weight is 501 g/mol. The summed E-state index contributed by atoms with van der Waals surface area (Å²) < 4.78 is 0. The molecule has 0 aliphatic heterocycles. The van der Waals surface area contributed by atoms with Crippen LogP contribution in [0.15, 0.2) is 84.2 Å². The van der Waals surface area contributed by atoms with Crippen LogP contribution in [0, 0.1) is 11.8 Å². The monoisotopic (exact) mass is 500 g/mol. The molecular formula is C29H28N2O2S2. The van der Waals surface area contributed by atoms with Gasteiger partial charge < -0.3 is 10.6 Å². The van der Waals surface area contributed by atoms with Gasteiger partial charge in [0.25, 0.3) is 0 Å². The Hall–Kier alpha value is -3.22. The van der Waals surface area contributed by atoms with Gasteiger partial charge in [0, 0.05) is 33.0 Å². The van der Waals surface area contributed by atoms with Crippen LogP contribution in [0.25, 0.3) is 20.9 Å². The zero-order valence-electron chi connectivity index (χ0n) is 19.4. The zero-order valence-corrected chi connectivity index (χ0v) is 21.0. The van der Waals surface area contributed by atoms with Gasteiger partial charge in [0.15, 0.2) is 0 Å². The summed E-state index contributed by atoms with van der Waals surface area (Å²) in [4.78, 5) is 29.5. The average Bonchev–Trinajstić information content (AvgIpc) is 3.68. The van der Waals surface area contributed by atoms with Gasteiger partial charge in [0.05, 0.1) is 6.54 Å². The zero-order chi connectivity index (χ0) is 24.0. The fourth-order valence-electron chi connectivity index (χ4n) is 4.68. The molecule has 2 unspecified atom stereocenters. The highest BCUT2D eigenvalue weighted by atomic mass is 32.1. The molecule has 2 N–H and O–H groups in total. The van der Waals surface area contributed by atoms with Gasteiger partial charge in [-0.3, -0.25) is 9.59 Å². The van der Waals surface area contributed by atoms with Crippen LogP contribution in [0.1, 0.15) is 29.7 Å². The van der Waals surface area contributed by atoms with Crippen LogP contribution in [0.5, 0.6) is 0 Å². The van der Waals surface area contributed by atoms with Crippen molar-refractivity contribution in [2.75, 3.05) is 0 Å². The van der Waals surface area contributed by atoms with Gasteiger partial charge in [0.2, 0.25) is 11.8 Å². The van der Waals surface area contributed by atoms with E-state index in [0.717, 1.165) is 35.3 Å². The summed E-state index contributed by atoms with van der Waals surface area (Å²) in [6.45, 7) is 0.979. The lowest BCUT2D eigenvalue weighted by Gasteiger charge is -2.19. The van der Waals surface area contributed by atoms with Crippen LogP contribution in [0.2, 0.25) is 0 Å². The number of rotatable bonds is 8. The molecule has 178 valence electrons. The van der Waals surface area contributed by atoms with E-state index in [1.54, 1.807) is 22.7 Å². The summed E-state index contributed by atoms with van der Waals surface area (Å²) in [5, 5.41) is 8.21. The minimum absolute atomic E-state index is 0.0130. The first-order valence-electron chi connectivity index (χ1n) is 12.0. The van der Waals surface area contributed by atoms with Gasteiger partial charge >= 0.3 is 0 Å². The molecule has 35 heavy (non-hydrogen) atoms. The first-order chi connectivity index (χ1) is 17.2.